The summed E-state index contributed by atoms with van der Waals surface area (Å²) in [6.45, 7) is 4.41. The molecule has 0 aliphatic rings. The van der Waals surface area contributed by atoms with Crippen molar-refractivity contribution >= 4 is 11.8 Å². The van der Waals surface area contributed by atoms with Gasteiger partial charge in [0.25, 0.3) is 0 Å². The number of hydrogen-bond donors (Lipinski definition) is 1. The highest BCUT2D eigenvalue weighted by molar-refractivity contribution is 7.98. The summed E-state index contributed by atoms with van der Waals surface area (Å²) in [4.78, 5) is 0. The number of unbranched alkanes of at least 4 members (excludes halogenated alkanes) is 1. The first kappa shape index (κ1) is 15.4. The standard InChI is InChI=1S/C15H25NOS/c1-5-6-9-18-11-14-10-13(12(2)16-3)7-8-15(14)17-4/h7-8,10,12,16H,5-6,9,11H2,1-4H3. The van der Waals surface area contributed by atoms with Crippen LogP contribution in [0.2, 0.25) is 0 Å². The molecule has 0 saturated carbocycles. The van der Waals surface area contributed by atoms with Gasteiger partial charge in [0.2, 0.25) is 0 Å². The highest BCUT2D eigenvalue weighted by Gasteiger charge is 2.08. The Morgan fingerprint density at radius 1 is 1.39 bits per heavy atom. The Hall–Kier alpha value is -0.670. The maximum absolute atomic E-state index is 5.44. The van der Waals surface area contributed by atoms with Gasteiger partial charge in [-0.3, -0.25) is 0 Å². The highest BCUT2D eigenvalue weighted by Crippen LogP contribution is 2.27. The molecule has 1 unspecified atom stereocenters. The van der Waals surface area contributed by atoms with E-state index in [9.17, 15) is 0 Å². The molecular formula is C15H25NOS. The molecule has 18 heavy (non-hydrogen) atoms. The SMILES string of the molecule is CCCCSCc1cc(C(C)NC)ccc1OC. The minimum absolute atomic E-state index is 0.385. The summed E-state index contributed by atoms with van der Waals surface area (Å²) in [5.74, 6) is 3.27. The molecule has 1 atom stereocenters. The molecule has 1 aromatic carbocycles. The van der Waals surface area contributed by atoms with Gasteiger partial charge in [-0.1, -0.05) is 19.4 Å². The molecular weight excluding hydrogens is 242 g/mol. The number of thioether (sulfide) groups is 1. The Balaban J connectivity index is 2.72. The second-order valence-corrected chi connectivity index (χ2v) is 5.59. The van der Waals surface area contributed by atoms with Crippen LogP contribution in [0.25, 0.3) is 0 Å². The molecule has 1 aromatic rings. The first-order valence-corrected chi connectivity index (χ1v) is 7.80. The Kier molecular flexibility index (Phi) is 7.21. The molecule has 0 saturated heterocycles. The smallest absolute Gasteiger partial charge is 0.122 e. The van der Waals surface area contributed by atoms with Crippen LogP contribution in [0.15, 0.2) is 18.2 Å². The van der Waals surface area contributed by atoms with Gasteiger partial charge >= 0.3 is 0 Å². The normalized spacial score (nSPS) is 12.4. The van der Waals surface area contributed by atoms with E-state index in [-0.39, 0.29) is 0 Å². The molecule has 3 heteroatoms. The second-order valence-electron chi connectivity index (χ2n) is 4.49. The van der Waals surface area contributed by atoms with E-state index >= 15 is 0 Å². The molecule has 0 fully saturated rings. The zero-order valence-electron chi connectivity index (χ0n) is 12.0. The summed E-state index contributed by atoms with van der Waals surface area (Å²) in [6.07, 6.45) is 2.56. The predicted molar refractivity (Wildman–Crippen MR) is 81.5 cm³/mol. The molecule has 102 valence electrons. The fourth-order valence-electron chi connectivity index (χ4n) is 1.78. The van der Waals surface area contributed by atoms with Crippen molar-refractivity contribution in [3.63, 3.8) is 0 Å². The van der Waals surface area contributed by atoms with E-state index in [1.165, 1.54) is 29.7 Å². The monoisotopic (exact) mass is 267 g/mol. The average Bonchev–Trinajstić information content (AvgIpc) is 2.42. The lowest BCUT2D eigenvalue weighted by molar-refractivity contribution is 0.411. The largest absolute Gasteiger partial charge is 0.496 e. The molecule has 1 rings (SSSR count). The van der Waals surface area contributed by atoms with Gasteiger partial charge in [0, 0.05) is 17.4 Å². The summed E-state index contributed by atoms with van der Waals surface area (Å²) < 4.78 is 5.44. The number of methoxy groups -OCH3 is 1. The molecule has 1 N–H and O–H groups in total. The predicted octanol–water partition coefficient (Wildman–Crippen LogP) is 4.01. The molecule has 0 radical (unpaired) electrons. The fraction of sp³-hybridized carbons (Fsp3) is 0.600. The van der Waals surface area contributed by atoms with Gasteiger partial charge in [-0.25, -0.2) is 0 Å². The van der Waals surface area contributed by atoms with Crippen molar-refractivity contribution in [2.45, 2.75) is 38.5 Å². The van der Waals surface area contributed by atoms with Gasteiger partial charge in [-0.2, -0.15) is 11.8 Å². The quantitative estimate of drug-likeness (QED) is 0.719. The van der Waals surface area contributed by atoms with Crippen LogP contribution in [-0.2, 0) is 5.75 Å². The lowest BCUT2D eigenvalue weighted by atomic mass is 10.1. The van der Waals surface area contributed by atoms with Crippen molar-refractivity contribution in [1.29, 1.82) is 0 Å². The zero-order chi connectivity index (χ0) is 13.4. The first-order valence-electron chi connectivity index (χ1n) is 6.64. The molecule has 0 aromatic heterocycles. The van der Waals surface area contributed by atoms with E-state index in [0.717, 1.165) is 11.5 Å². The summed E-state index contributed by atoms with van der Waals surface area (Å²) in [5, 5.41) is 3.27. The van der Waals surface area contributed by atoms with Crippen molar-refractivity contribution in [3.8, 4) is 5.75 Å². The number of ether oxygens (including phenoxy) is 1. The maximum Gasteiger partial charge on any atom is 0.122 e. The zero-order valence-corrected chi connectivity index (χ0v) is 12.8. The molecule has 0 spiro atoms. The second kappa shape index (κ2) is 8.44. The Morgan fingerprint density at radius 2 is 2.17 bits per heavy atom. The fourth-order valence-corrected chi connectivity index (χ4v) is 2.86. The third-order valence-corrected chi connectivity index (χ3v) is 4.23. The molecule has 0 aliphatic carbocycles. The molecule has 2 nitrogen and oxygen atoms in total. The van der Waals surface area contributed by atoms with Gasteiger partial charge in [0.1, 0.15) is 5.75 Å². The maximum atomic E-state index is 5.44. The molecule has 0 heterocycles. The Labute approximate surface area is 116 Å². The lowest BCUT2D eigenvalue weighted by Crippen LogP contribution is -2.12. The van der Waals surface area contributed by atoms with Crippen LogP contribution in [0, 0.1) is 0 Å². The van der Waals surface area contributed by atoms with Gasteiger partial charge in [-0.15, -0.1) is 0 Å². The minimum atomic E-state index is 0.385. The van der Waals surface area contributed by atoms with Crippen LogP contribution in [0.5, 0.6) is 5.75 Å². The van der Waals surface area contributed by atoms with Crippen LogP contribution < -0.4 is 10.1 Å². The van der Waals surface area contributed by atoms with E-state index in [0.29, 0.717) is 6.04 Å². The average molecular weight is 267 g/mol. The summed E-state index contributed by atoms with van der Waals surface area (Å²) in [6, 6.07) is 6.87. The first-order chi connectivity index (χ1) is 8.72. The van der Waals surface area contributed by atoms with Gasteiger partial charge in [-0.05, 0) is 43.8 Å². The number of rotatable bonds is 8. The third-order valence-electron chi connectivity index (χ3n) is 3.14. The lowest BCUT2D eigenvalue weighted by Gasteiger charge is -2.15. The van der Waals surface area contributed by atoms with Gasteiger partial charge in [0.05, 0.1) is 7.11 Å². The number of hydrogen-bond acceptors (Lipinski definition) is 3. The number of nitrogens with one attached hydrogen (secondary N) is 1. The van der Waals surface area contributed by atoms with Crippen LogP contribution in [0.4, 0.5) is 0 Å². The molecule has 0 bridgehead atoms. The van der Waals surface area contributed by atoms with E-state index in [1.807, 2.05) is 18.8 Å². The topological polar surface area (TPSA) is 21.3 Å². The number of benzene rings is 1. The molecule has 0 amide bonds. The third kappa shape index (κ3) is 4.54. The Bertz CT molecular complexity index is 354. The van der Waals surface area contributed by atoms with Gasteiger partial charge in [0.15, 0.2) is 0 Å². The van der Waals surface area contributed by atoms with Crippen LogP contribution in [-0.4, -0.2) is 19.9 Å². The minimum Gasteiger partial charge on any atom is -0.496 e. The highest BCUT2D eigenvalue weighted by atomic mass is 32.2. The van der Waals surface area contributed by atoms with E-state index in [1.54, 1.807) is 7.11 Å². The molecule has 0 aliphatic heterocycles. The van der Waals surface area contributed by atoms with Crippen LogP contribution in [0.3, 0.4) is 0 Å². The van der Waals surface area contributed by atoms with Crippen molar-refractivity contribution in [2.75, 3.05) is 19.9 Å². The summed E-state index contributed by atoms with van der Waals surface area (Å²) in [5.41, 5.74) is 2.63. The van der Waals surface area contributed by atoms with E-state index < -0.39 is 0 Å². The van der Waals surface area contributed by atoms with Crippen molar-refractivity contribution in [1.82, 2.24) is 5.32 Å². The van der Waals surface area contributed by atoms with Crippen molar-refractivity contribution in [2.24, 2.45) is 0 Å². The summed E-state index contributed by atoms with van der Waals surface area (Å²) in [7, 11) is 3.74. The van der Waals surface area contributed by atoms with Crippen molar-refractivity contribution < 1.29 is 4.74 Å². The Morgan fingerprint density at radius 3 is 2.78 bits per heavy atom. The van der Waals surface area contributed by atoms with Crippen LogP contribution in [0.1, 0.15) is 43.9 Å². The summed E-state index contributed by atoms with van der Waals surface area (Å²) >= 11 is 1.99. The van der Waals surface area contributed by atoms with Crippen molar-refractivity contribution in [3.05, 3.63) is 29.3 Å². The van der Waals surface area contributed by atoms with E-state index in [2.05, 4.69) is 37.4 Å². The van der Waals surface area contributed by atoms with Crippen LogP contribution >= 0.6 is 11.8 Å². The van der Waals surface area contributed by atoms with E-state index in [4.69, 9.17) is 4.74 Å². The van der Waals surface area contributed by atoms with Gasteiger partial charge < -0.3 is 10.1 Å².